The molecule has 0 saturated heterocycles. The van der Waals surface area contributed by atoms with Crippen LogP contribution in [0.4, 0.5) is 5.69 Å². The van der Waals surface area contributed by atoms with E-state index in [1.807, 2.05) is 74.1 Å². The Labute approximate surface area is 203 Å². The number of carbonyl (C=O) groups excluding carboxylic acids is 1. The van der Waals surface area contributed by atoms with E-state index in [1.165, 1.54) is 6.07 Å². The number of nitrogens with zero attached hydrogens (tertiary/aromatic N) is 2. The van der Waals surface area contributed by atoms with Crippen molar-refractivity contribution in [3.63, 3.8) is 0 Å². The van der Waals surface area contributed by atoms with Gasteiger partial charge in [0.15, 0.2) is 0 Å². The number of carboxylic acids is 1. The highest BCUT2D eigenvalue weighted by Crippen LogP contribution is 2.42. The molecule has 0 radical (unpaired) electrons. The molecule has 0 atom stereocenters. The fourth-order valence-electron chi connectivity index (χ4n) is 4.03. The van der Waals surface area contributed by atoms with Crippen molar-refractivity contribution in [3.05, 3.63) is 71.1 Å². The molecule has 2 aromatic carbocycles. The maximum Gasteiger partial charge on any atom is 0.336 e. The SMILES string of the molecule is C#CCNC(=O)c1ccc(-c2c3ccc(=[N+](C)C)cc-3oc3cc(N(C)C)ccc23)c(C(=O)O)c1. The molecule has 0 saturated carbocycles. The molecule has 1 aliphatic carbocycles. The van der Waals surface area contributed by atoms with E-state index >= 15 is 0 Å². The number of hydrogen-bond donors (Lipinski definition) is 2. The first-order valence-corrected chi connectivity index (χ1v) is 11.0. The lowest BCUT2D eigenvalue weighted by Crippen LogP contribution is -2.23. The van der Waals surface area contributed by atoms with Crippen LogP contribution < -0.4 is 20.1 Å². The van der Waals surface area contributed by atoms with Crippen molar-refractivity contribution in [2.45, 2.75) is 0 Å². The lowest BCUT2D eigenvalue weighted by atomic mass is 9.89. The highest BCUT2D eigenvalue weighted by molar-refractivity contribution is 6.09. The second kappa shape index (κ2) is 9.35. The smallest absolute Gasteiger partial charge is 0.336 e. The van der Waals surface area contributed by atoms with Crippen LogP contribution in [-0.4, -0.2) is 51.7 Å². The molecule has 1 heterocycles. The predicted octanol–water partition coefficient (Wildman–Crippen LogP) is 3.36. The van der Waals surface area contributed by atoms with Crippen LogP contribution in [0.5, 0.6) is 0 Å². The van der Waals surface area contributed by atoms with Crippen LogP contribution in [0.15, 0.2) is 59.0 Å². The average molecular weight is 469 g/mol. The predicted molar refractivity (Wildman–Crippen MR) is 138 cm³/mol. The lowest BCUT2D eigenvalue weighted by molar-refractivity contribution is 0.0697. The van der Waals surface area contributed by atoms with Gasteiger partial charge in [-0.3, -0.25) is 4.79 Å². The Kier molecular flexibility index (Phi) is 6.30. The minimum atomic E-state index is -1.14. The molecule has 7 nitrogen and oxygen atoms in total. The summed E-state index contributed by atoms with van der Waals surface area (Å²) in [6.07, 6.45) is 5.22. The molecule has 0 spiro atoms. The number of anilines is 1. The van der Waals surface area contributed by atoms with Crippen molar-refractivity contribution in [2.75, 3.05) is 39.6 Å². The average Bonchev–Trinajstić information content (AvgIpc) is 2.84. The first-order valence-electron chi connectivity index (χ1n) is 11.0. The molecule has 0 unspecified atom stereocenters. The third-order valence-electron chi connectivity index (χ3n) is 5.85. The van der Waals surface area contributed by atoms with Gasteiger partial charge in [-0.25, -0.2) is 9.37 Å². The molecule has 0 fully saturated rings. The molecule has 35 heavy (non-hydrogen) atoms. The summed E-state index contributed by atoms with van der Waals surface area (Å²) in [5.41, 5.74) is 3.81. The Bertz CT molecular complexity index is 1550. The van der Waals surface area contributed by atoms with Crippen LogP contribution in [0.25, 0.3) is 33.4 Å². The summed E-state index contributed by atoms with van der Waals surface area (Å²) in [5.74, 6) is 1.40. The van der Waals surface area contributed by atoms with Gasteiger partial charge < -0.3 is 19.7 Å². The fourth-order valence-corrected chi connectivity index (χ4v) is 4.03. The lowest BCUT2D eigenvalue weighted by Gasteiger charge is -2.19. The van der Waals surface area contributed by atoms with Crippen LogP contribution in [0, 0.1) is 12.3 Å². The standard InChI is InChI=1S/C28H25N3O4/c1-6-13-29-27(32)17-7-10-20(23(14-17)28(33)34)26-21-11-8-18(30(2)3)15-24(21)35-25-16-19(31(4)5)9-12-22(25)26/h1,7-12,14-16H,13H2,2-5H3,(H-,29,32,33,34)/p+1. The van der Waals surface area contributed by atoms with Gasteiger partial charge in [-0.15, -0.1) is 6.42 Å². The summed E-state index contributed by atoms with van der Waals surface area (Å²) in [4.78, 5) is 26.7. The van der Waals surface area contributed by atoms with Crippen LogP contribution in [0.1, 0.15) is 20.7 Å². The third kappa shape index (κ3) is 4.46. The van der Waals surface area contributed by atoms with E-state index in [4.69, 9.17) is 10.8 Å². The number of benzene rings is 3. The second-order valence-corrected chi connectivity index (χ2v) is 8.58. The van der Waals surface area contributed by atoms with E-state index in [-0.39, 0.29) is 17.7 Å². The zero-order valence-electron chi connectivity index (χ0n) is 20.0. The topological polar surface area (TPSA) is 85.8 Å². The summed E-state index contributed by atoms with van der Waals surface area (Å²) < 4.78 is 8.29. The van der Waals surface area contributed by atoms with Gasteiger partial charge in [0.05, 0.1) is 18.2 Å². The second-order valence-electron chi connectivity index (χ2n) is 8.58. The Balaban J connectivity index is 2.07. The number of amides is 1. The highest BCUT2D eigenvalue weighted by atomic mass is 16.4. The van der Waals surface area contributed by atoms with E-state index in [0.717, 1.165) is 27.6 Å². The molecular weight excluding hydrogens is 442 g/mol. The van der Waals surface area contributed by atoms with Crippen LogP contribution in [-0.2, 0) is 0 Å². The molecule has 176 valence electrons. The maximum atomic E-state index is 12.4. The molecule has 1 amide bonds. The number of terminal acetylenes is 1. The Morgan fingerprint density at radius 1 is 1.06 bits per heavy atom. The molecule has 7 heteroatoms. The number of fused-ring (bicyclic) bond motifs is 2. The molecule has 2 N–H and O–H groups in total. The molecule has 2 aliphatic rings. The minimum absolute atomic E-state index is 0.0144. The van der Waals surface area contributed by atoms with Gasteiger partial charge >= 0.3 is 5.97 Å². The maximum absolute atomic E-state index is 12.4. The number of rotatable bonds is 5. The number of carboxylic acid groups (broad SMARTS) is 1. The minimum Gasteiger partial charge on any atom is -0.478 e. The van der Waals surface area contributed by atoms with Gasteiger partial charge in [0.25, 0.3) is 5.91 Å². The van der Waals surface area contributed by atoms with Gasteiger partial charge in [-0.05, 0) is 35.9 Å². The van der Waals surface area contributed by atoms with Gasteiger partial charge in [0, 0.05) is 54.0 Å². The van der Waals surface area contributed by atoms with E-state index in [2.05, 4.69) is 11.2 Å². The largest absolute Gasteiger partial charge is 0.478 e. The first-order chi connectivity index (χ1) is 16.7. The quantitative estimate of drug-likeness (QED) is 0.267. The summed E-state index contributed by atoms with van der Waals surface area (Å²) in [6, 6.07) is 16.3. The Hall–Kier alpha value is -4.57. The van der Waals surface area contributed by atoms with E-state index in [0.29, 0.717) is 16.9 Å². The van der Waals surface area contributed by atoms with Gasteiger partial charge in [0.2, 0.25) is 5.36 Å². The first kappa shape index (κ1) is 23.6. The molecular formula is C28H26N3O4+. The van der Waals surface area contributed by atoms with Crippen molar-refractivity contribution >= 4 is 28.5 Å². The Morgan fingerprint density at radius 3 is 2.46 bits per heavy atom. The van der Waals surface area contributed by atoms with E-state index < -0.39 is 11.9 Å². The summed E-state index contributed by atoms with van der Waals surface area (Å²) in [5, 5.41) is 14.4. The van der Waals surface area contributed by atoms with Gasteiger partial charge in [-0.2, -0.15) is 0 Å². The monoisotopic (exact) mass is 468 g/mol. The van der Waals surface area contributed by atoms with Crippen molar-refractivity contribution in [1.29, 1.82) is 0 Å². The summed E-state index contributed by atoms with van der Waals surface area (Å²) in [7, 11) is 7.78. The van der Waals surface area contributed by atoms with E-state index in [9.17, 15) is 14.7 Å². The Morgan fingerprint density at radius 2 is 1.80 bits per heavy atom. The van der Waals surface area contributed by atoms with Crippen LogP contribution in [0.3, 0.4) is 0 Å². The number of nitrogens with one attached hydrogen (secondary N) is 1. The van der Waals surface area contributed by atoms with Crippen molar-refractivity contribution in [3.8, 4) is 34.8 Å². The molecule has 0 aromatic heterocycles. The molecule has 0 bridgehead atoms. The zero-order chi connectivity index (χ0) is 25.3. The fraction of sp³-hybridized carbons (Fsp3) is 0.179. The number of hydrogen-bond acceptors (Lipinski definition) is 4. The molecule has 4 rings (SSSR count). The van der Waals surface area contributed by atoms with Crippen molar-refractivity contribution in [1.82, 2.24) is 9.89 Å². The van der Waals surface area contributed by atoms with Crippen LogP contribution in [0.2, 0.25) is 0 Å². The number of aromatic carboxylic acids is 1. The number of carbonyl (C=O) groups is 2. The normalized spacial score (nSPS) is 10.7. The van der Waals surface area contributed by atoms with Crippen LogP contribution >= 0.6 is 0 Å². The highest BCUT2D eigenvalue weighted by Gasteiger charge is 2.23. The van der Waals surface area contributed by atoms with Gasteiger partial charge in [-0.1, -0.05) is 12.0 Å². The van der Waals surface area contributed by atoms with Gasteiger partial charge in [0.1, 0.15) is 25.4 Å². The third-order valence-corrected chi connectivity index (χ3v) is 5.85. The van der Waals surface area contributed by atoms with Crippen molar-refractivity contribution in [2.24, 2.45) is 0 Å². The van der Waals surface area contributed by atoms with Crippen molar-refractivity contribution < 1.29 is 19.1 Å². The molecule has 1 aliphatic heterocycles. The zero-order valence-corrected chi connectivity index (χ0v) is 20.0. The molecule has 2 aromatic rings. The van der Waals surface area contributed by atoms with E-state index in [1.54, 1.807) is 12.1 Å². The summed E-state index contributed by atoms with van der Waals surface area (Å²) >= 11 is 0. The summed E-state index contributed by atoms with van der Waals surface area (Å²) in [6.45, 7) is 0.0564.